The van der Waals surface area contributed by atoms with Crippen molar-refractivity contribution in [1.29, 1.82) is 0 Å². The highest BCUT2D eigenvalue weighted by Gasteiger charge is 2.14. The monoisotopic (exact) mass is 279 g/mol. The Kier molecular flexibility index (Phi) is 7.63. The van der Waals surface area contributed by atoms with Gasteiger partial charge in [-0.2, -0.15) is 0 Å². The quantitative estimate of drug-likeness (QED) is 0.751. The third-order valence-electron chi connectivity index (χ3n) is 3.11. The number of hydrogen-bond acceptors (Lipinski definition) is 3. The van der Waals surface area contributed by atoms with Gasteiger partial charge in [0.1, 0.15) is 11.9 Å². The molecule has 0 radical (unpaired) electrons. The zero-order valence-corrected chi connectivity index (χ0v) is 13.5. The first-order valence-corrected chi connectivity index (χ1v) is 7.49. The summed E-state index contributed by atoms with van der Waals surface area (Å²) in [5.41, 5.74) is 1.25. The maximum absolute atomic E-state index is 6.14. The van der Waals surface area contributed by atoms with Crippen LogP contribution in [0.4, 0.5) is 0 Å². The number of hydrogen-bond donors (Lipinski definition) is 1. The van der Waals surface area contributed by atoms with Crippen molar-refractivity contribution in [1.82, 2.24) is 5.32 Å². The highest BCUT2D eigenvalue weighted by atomic mass is 16.5. The van der Waals surface area contributed by atoms with Crippen molar-refractivity contribution in [2.24, 2.45) is 5.92 Å². The molecule has 1 rings (SSSR count). The molecule has 0 bridgehead atoms. The summed E-state index contributed by atoms with van der Waals surface area (Å²) in [7, 11) is 1.72. The molecule has 0 saturated heterocycles. The zero-order valence-electron chi connectivity index (χ0n) is 13.5. The van der Waals surface area contributed by atoms with Crippen LogP contribution in [0.5, 0.6) is 5.75 Å². The van der Waals surface area contributed by atoms with Crippen molar-refractivity contribution in [3.63, 3.8) is 0 Å². The van der Waals surface area contributed by atoms with Gasteiger partial charge in [-0.15, -0.1) is 0 Å². The molecule has 1 aromatic carbocycles. The van der Waals surface area contributed by atoms with Crippen LogP contribution in [-0.4, -0.2) is 32.9 Å². The van der Waals surface area contributed by atoms with E-state index in [0.717, 1.165) is 18.8 Å². The lowest BCUT2D eigenvalue weighted by molar-refractivity contribution is 0.0794. The first kappa shape index (κ1) is 17.0. The Morgan fingerprint density at radius 3 is 2.35 bits per heavy atom. The molecule has 0 amide bonds. The van der Waals surface area contributed by atoms with E-state index >= 15 is 0 Å². The molecule has 0 saturated carbocycles. The van der Waals surface area contributed by atoms with E-state index < -0.39 is 0 Å². The molecule has 0 aliphatic heterocycles. The number of rotatable bonds is 9. The van der Waals surface area contributed by atoms with E-state index in [9.17, 15) is 0 Å². The summed E-state index contributed by atoms with van der Waals surface area (Å²) in [5.74, 6) is 2.06. The lowest BCUT2D eigenvalue weighted by Gasteiger charge is -2.22. The molecule has 1 unspecified atom stereocenters. The SMILES string of the molecule is COCC(CNCC(C)C)Oc1ccccc1C(C)C. The molecule has 0 aromatic heterocycles. The Morgan fingerprint density at radius 2 is 1.75 bits per heavy atom. The van der Waals surface area contributed by atoms with Crippen LogP contribution < -0.4 is 10.1 Å². The molecular formula is C17H29NO2. The Bertz CT molecular complexity index is 377. The number of benzene rings is 1. The van der Waals surface area contributed by atoms with Gasteiger partial charge >= 0.3 is 0 Å². The molecule has 1 aromatic rings. The molecule has 0 aliphatic carbocycles. The van der Waals surface area contributed by atoms with E-state index in [4.69, 9.17) is 9.47 Å². The molecule has 114 valence electrons. The predicted octanol–water partition coefficient (Wildman–Crippen LogP) is 3.45. The summed E-state index contributed by atoms with van der Waals surface area (Å²) in [5, 5.41) is 3.43. The van der Waals surface area contributed by atoms with Gasteiger partial charge in [0.15, 0.2) is 0 Å². The smallest absolute Gasteiger partial charge is 0.134 e. The molecule has 0 heterocycles. The zero-order chi connectivity index (χ0) is 15.0. The topological polar surface area (TPSA) is 30.5 Å². The highest BCUT2D eigenvalue weighted by Crippen LogP contribution is 2.26. The second kappa shape index (κ2) is 8.98. The summed E-state index contributed by atoms with van der Waals surface area (Å²) in [6, 6.07) is 8.25. The van der Waals surface area contributed by atoms with Crippen molar-refractivity contribution in [2.45, 2.75) is 39.7 Å². The Labute approximate surface area is 123 Å². The van der Waals surface area contributed by atoms with Crippen molar-refractivity contribution in [3.8, 4) is 5.75 Å². The van der Waals surface area contributed by atoms with Crippen molar-refractivity contribution in [2.75, 3.05) is 26.8 Å². The standard InChI is InChI=1S/C17H29NO2/c1-13(2)10-18-11-15(12-19-5)20-17-9-7-6-8-16(17)14(3)4/h6-9,13-15,18H,10-12H2,1-5H3. The van der Waals surface area contributed by atoms with Crippen LogP contribution >= 0.6 is 0 Å². The largest absolute Gasteiger partial charge is 0.486 e. The van der Waals surface area contributed by atoms with Crippen molar-refractivity contribution >= 4 is 0 Å². The Balaban J connectivity index is 2.65. The maximum atomic E-state index is 6.14. The molecule has 3 nitrogen and oxygen atoms in total. The number of nitrogens with one attached hydrogen (secondary N) is 1. The van der Waals surface area contributed by atoms with E-state index in [1.54, 1.807) is 7.11 Å². The number of ether oxygens (including phenoxy) is 2. The number of para-hydroxylation sites is 1. The van der Waals surface area contributed by atoms with E-state index in [2.05, 4.69) is 45.1 Å². The van der Waals surface area contributed by atoms with Gasteiger partial charge in [-0.1, -0.05) is 45.9 Å². The van der Waals surface area contributed by atoms with Crippen LogP contribution in [0.3, 0.4) is 0 Å². The fraction of sp³-hybridized carbons (Fsp3) is 0.647. The summed E-state index contributed by atoms with van der Waals surface area (Å²) in [6.07, 6.45) is 0.0404. The van der Waals surface area contributed by atoms with Crippen molar-refractivity contribution in [3.05, 3.63) is 29.8 Å². The summed E-state index contributed by atoms with van der Waals surface area (Å²) < 4.78 is 11.4. The normalized spacial score (nSPS) is 12.9. The first-order valence-electron chi connectivity index (χ1n) is 7.49. The van der Waals surface area contributed by atoms with Crippen LogP contribution in [0.1, 0.15) is 39.2 Å². The minimum atomic E-state index is 0.0404. The van der Waals surface area contributed by atoms with Gasteiger partial charge in [0.2, 0.25) is 0 Å². The van der Waals surface area contributed by atoms with Crippen LogP contribution in [0.15, 0.2) is 24.3 Å². The molecule has 20 heavy (non-hydrogen) atoms. The average molecular weight is 279 g/mol. The van der Waals surface area contributed by atoms with Crippen LogP contribution in [0.2, 0.25) is 0 Å². The van der Waals surface area contributed by atoms with Gasteiger partial charge in [-0.25, -0.2) is 0 Å². The van der Waals surface area contributed by atoms with Gasteiger partial charge in [-0.3, -0.25) is 0 Å². The molecule has 1 N–H and O–H groups in total. The van der Waals surface area contributed by atoms with E-state index in [0.29, 0.717) is 18.4 Å². The molecule has 3 heteroatoms. The molecule has 0 aliphatic rings. The van der Waals surface area contributed by atoms with Gasteiger partial charge in [0.25, 0.3) is 0 Å². The van der Waals surface area contributed by atoms with Crippen LogP contribution in [0, 0.1) is 5.92 Å². The van der Waals surface area contributed by atoms with Gasteiger partial charge in [-0.05, 0) is 30.0 Å². The fourth-order valence-electron chi connectivity index (χ4n) is 2.10. The lowest BCUT2D eigenvalue weighted by atomic mass is 10.0. The van der Waals surface area contributed by atoms with Crippen molar-refractivity contribution < 1.29 is 9.47 Å². The molecule has 0 spiro atoms. The first-order chi connectivity index (χ1) is 9.54. The van der Waals surface area contributed by atoms with Crippen LogP contribution in [0.25, 0.3) is 0 Å². The second-order valence-corrected chi connectivity index (χ2v) is 5.94. The van der Waals surface area contributed by atoms with E-state index in [-0.39, 0.29) is 6.10 Å². The maximum Gasteiger partial charge on any atom is 0.134 e. The molecule has 0 fully saturated rings. The third-order valence-corrected chi connectivity index (χ3v) is 3.11. The van der Waals surface area contributed by atoms with E-state index in [1.165, 1.54) is 5.56 Å². The minimum Gasteiger partial charge on any atom is -0.486 e. The predicted molar refractivity (Wildman–Crippen MR) is 84.5 cm³/mol. The lowest BCUT2D eigenvalue weighted by Crippen LogP contribution is -2.36. The average Bonchev–Trinajstić information content (AvgIpc) is 2.38. The summed E-state index contributed by atoms with van der Waals surface area (Å²) in [6.45, 7) is 11.2. The summed E-state index contributed by atoms with van der Waals surface area (Å²) in [4.78, 5) is 0. The van der Waals surface area contributed by atoms with Gasteiger partial charge < -0.3 is 14.8 Å². The van der Waals surface area contributed by atoms with E-state index in [1.807, 2.05) is 12.1 Å². The fourth-order valence-corrected chi connectivity index (χ4v) is 2.10. The second-order valence-electron chi connectivity index (χ2n) is 5.94. The van der Waals surface area contributed by atoms with Gasteiger partial charge in [0.05, 0.1) is 6.61 Å². The highest BCUT2D eigenvalue weighted by molar-refractivity contribution is 5.35. The van der Waals surface area contributed by atoms with Gasteiger partial charge in [0, 0.05) is 13.7 Å². The molecular weight excluding hydrogens is 250 g/mol. The number of methoxy groups -OCH3 is 1. The van der Waals surface area contributed by atoms with Crippen LogP contribution in [-0.2, 0) is 4.74 Å². The minimum absolute atomic E-state index is 0.0404. The third kappa shape index (κ3) is 5.93. The Morgan fingerprint density at radius 1 is 1.05 bits per heavy atom. The molecule has 1 atom stereocenters. The Hall–Kier alpha value is -1.06. The summed E-state index contributed by atoms with van der Waals surface area (Å²) >= 11 is 0.